The van der Waals surface area contributed by atoms with Crippen molar-refractivity contribution in [3.8, 4) is 0 Å². The second-order valence-corrected chi connectivity index (χ2v) is 6.15. The summed E-state index contributed by atoms with van der Waals surface area (Å²) < 4.78 is 2.06. The molecular formula is C15H20N4O3S. The van der Waals surface area contributed by atoms with Gasteiger partial charge >= 0.3 is 5.97 Å². The van der Waals surface area contributed by atoms with Gasteiger partial charge in [-0.3, -0.25) is 4.79 Å². The zero-order chi connectivity index (χ0) is 16.8. The minimum Gasteiger partial charge on any atom is -0.477 e. The number of imidazole rings is 1. The third-order valence-electron chi connectivity index (χ3n) is 3.50. The van der Waals surface area contributed by atoms with E-state index in [0.29, 0.717) is 18.7 Å². The molecule has 2 aromatic heterocycles. The Kier molecular flexibility index (Phi) is 5.89. The number of carboxylic acids is 1. The van der Waals surface area contributed by atoms with Crippen LogP contribution in [0.2, 0.25) is 0 Å². The van der Waals surface area contributed by atoms with Crippen LogP contribution in [-0.4, -0.2) is 51.6 Å². The molecule has 0 radical (unpaired) electrons. The summed E-state index contributed by atoms with van der Waals surface area (Å²) in [5.74, 6) is -0.241. The molecule has 0 aliphatic rings. The topological polar surface area (TPSA) is 87.5 Å². The summed E-state index contributed by atoms with van der Waals surface area (Å²) in [5, 5.41) is 13.3. The minimum absolute atomic E-state index is 0.155. The molecule has 124 valence electrons. The number of thiophene rings is 1. The van der Waals surface area contributed by atoms with Crippen molar-refractivity contribution in [3.63, 3.8) is 0 Å². The van der Waals surface area contributed by atoms with Crippen molar-refractivity contribution in [1.82, 2.24) is 14.5 Å². The Morgan fingerprint density at radius 1 is 1.43 bits per heavy atom. The lowest BCUT2D eigenvalue weighted by Crippen LogP contribution is -2.27. The smallest absolute Gasteiger partial charge is 0.348 e. The van der Waals surface area contributed by atoms with E-state index in [-0.39, 0.29) is 10.8 Å². The molecular weight excluding hydrogens is 316 g/mol. The predicted molar refractivity (Wildman–Crippen MR) is 89.0 cm³/mol. The van der Waals surface area contributed by atoms with Crippen molar-refractivity contribution >= 4 is 28.9 Å². The summed E-state index contributed by atoms with van der Waals surface area (Å²) in [6.45, 7) is 4.18. The van der Waals surface area contributed by atoms with E-state index in [0.717, 1.165) is 30.3 Å². The van der Waals surface area contributed by atoms with Gasteiger partial charge in [0.05, 0.1) is 5.69 Å². The van der Waals surface area contributed by atoms with Crippen LogP contribution in [-0.2, 0) is 11.3 Å². The molecule has 1 amide bonds. The second-order valence-electron chi connectivity index (χ2n) is 5.24. The normalized spacial score (nSPS) is 10.9. The van der Waals surface area contributed by atoms with E-state index in [2.05, 4.69) is 19.8 Å². The average molecular weight is 336 g/mol. The number of nitrogens with one attached hydrogen (secondary N) is 1. The number of carbonyl (C=O) groups excluding carboxylic acids is 1. The number of aromatic carboxylic acids is 1. The number of carbonyl (C=O) groups is 2. The van der Waals surface area contributed by atoms with Crippen molar-refractivity contribution in [1.29, 1.82) is 0 Å². The van der Waals surface area contributed by atoms with Gasteiger partial charge in [0, 0.05) is 38.4 Å². The van der Waals surface area contributed by atoms with Crippen LogP contribution < -0.4 is 5.32 Å². The molecule has 2 aromatic rings. The third-order valence-corrected chi connectivity index (χ3v) is 4.40. The Labute approximate surface area is 138 Å². The maximum Gasteiger partial charge on any atom is 0.348 e. The van der Waals surface area contributed by atoms with Crippen LogP contribution >= 0.6 is 11.3 Å². The number of hydrogen-bond donors (Lipinski definition) is 2. The first-order valence-corrected chi connectivity index (χ1v) is 8.12. The number of hydrogen-bond acceptors (Lipinski definition) is 5. The van der Waals surface area contributed by atoms with Crippen LogP contribution in [0.1, 0.15) is 21.9 Å². The van der Waals surface area contributed by atoms with Crippen LogP contribution in [0.25, 0.3) is 0 Å². The number of likely N-dealkylation sites (N-methyl/N-ethyl adjacent to an activating group) is 1. The van der Waals surface area contributed by atoms with E-state index in [9.17, 15) is 9.59 Å². The molecule has 0 aliphatic heterocycles. The fourth-order valence-corrected chi connectivity index (χ4v) is 2.80. The van der Waals surface area contributed by atoms with Gasteiger partial charge in [0.2, 0.25) is 5.91 Å². The van der Waals surface area contributed by atoms with Gasteiger partial charge in [-0.15, -0.1) is 11.3 Å². The van der Waals surface area contributed by atoms with Crippen molar-refractivity contribution in [3.05, 3.63) is 34.5 Å². The molecule has 0 bridgehead atoms. The number of amides is 1. The van der Waals surface area contributed by atoms with E-state index >= 15 is 0 Å². The first-order chi connectivity index (χ1) is 11.0. The van der Waals surface area contributed by atoms with Gasteiger partial charge in [-0.1, -0.05) is 0 Å². The van der Waals surface area contributed by atoms with E-state index in [4.69, 9.17) is 5.11 Å². The fraction of sp³-hybridized carbons (Fsp3) is 0.400. The second kappa shape index (κ2) is 7.89. The highest BCUT2D eigenvalue weighted by Gasteiger charge is 2.14. The van der Waals surface area contributed by atoms with Gasteiger partial charge < -0.3 is 19.9 Å². The summed E-state index contributed by atoms with van der Waals surface area (Å²) >= 11 is 1.10. The first-order valence-electron chi connectivity index (χ1n) is 7.24. The Hall–Kier alpha value is -2.19. The lowest BCUT2D eigenvalue weighted by molar-refractivity contribution is -0.116. The number of anilines is 1. The van der Waals surface area contributed by atoms with Crippen LogP contribution in [0.15, 0.2) is 23.8 Å². The van der Waals surface area contributed by atoms with Gasteiger partial charge in [0.25, 0.3) is 0 Å². The molecule has 7 nitrogen and oxygen atoms in total. The lowest BCUT2D eigenvalue weighted by Gasteiger charge is -2.17. The number of nitrogens with zero attached hydrogens (tertiary/aromatic N) is 3. The standard InChI is InChI=1S/C15H20N4O3S/c1-11-16-5-7-19(11)9-8-18(2)6-3-13(20)17-12-4-10-23-14(12)15(21)22/h4-5,7,10H,3,6,8-9H2,1-2H3,(H,17,20)(H,21,22). The molecule has 0 spiro atoms. The van der Waals surface area contributed by atoms with Gasteiger partial charge in [0.15, 0.2) is 0 Å². The van der Waals surface area contributed by atoms with Crippen LogP contribution in [0, 0.1) is 6.92 Å². The molecule has 2 N–H and O–H groups in total. The van der Waals surface area contributed by atoms with Crippen molar-refractivity contribution in [2.75, 3.05) is 25.5 Å². The zero-order valence-electron chi connectivity index (χ0n) is 13.2. The first kappa shape index (κ1) is 17.2. The molecule has 0 aromatic carbocycles. The molecule has 8 heteroatoms. The van der Waals surface area contributed by atoms with Crippen molar-refractivity contribution < 1.29 is 14.7 Å². The molecule has 0 saturated carbocycles. The summed E-state index contributed by atoms with van der Waals surface area (Å²) in [6, 6.07) is 1.61. The SMILES string of the molecule is Cc1nccn1CCN(C)CCC(=O)Nc1ccsc1C(=O)O. The molecule has 0 fully saturated rings. The van der Waals surface area contributed by atoms with Gasteiger partial charge in [-0.05, 0) is 25.4 Å². The van der Waals surface area contributed by atoms with E-state index in [1.807, 2.05) is 20.2 Å². The lowest BCUT2D eigenvalue weighted by atomic mass is 10.3. The van der Waals surface area contributed by atoms with E-state index in [1.165, 1.54) is 0 Å². The average Bonchev–Trinajstić information content (AvgIpc) is 3.12. The Bertz CT molecular complexity index is 680. The zero-order valence-corrected chi connectivity index (χ0v) is 14.0. The number of rotatable bonds is 8. The molecule has 0 saturated heterocycles. The summed E-state index contributed by atoms with van der Waals surface area (Å²) in [4.78, 5) is 29.3. The van der Waals surface area contributed by atoms with Gasteiger partial charge in [-0.25, -0.2) is 9.78 Å². The Balaban J connectivity index is 1.74. The molecule has 0 unspecified atom stereocenters. The van der Waals surface area contributed by atoms with E-state index in [1.54, 1.807) is 17.6 Å². The van der Waals surface area contributed by atoms with Gasteiger partial charge in [-0.2, -0.15) is 0 Å². The molecule has 23 heavy (non-hydrogen) atoms. The quantitative estimate of drug-likeness (QED) is 0.769. The maximum absolute atomic E-state index is 11.9. The largest absolute Gasteiger partial charge is 0.477 e. The molecule has 0 aliphatic carbocycles. The van der Waals surface area contributed by atoms with Crippen LogP contribution in [0.4, 0.5) is 5.69 Å². The molecule has 2 heterocycles. The Morgan fingerprint density at radius 2 is 2.22 bits per heavy atom. The summed E-state index contributed by atoms with van der Waals surface area (Å²) in [6.07, 6.45) is 4.01. The summed E-state index contributed by atoms with van der Waals surface area (Å²) in [5.41, 5.74) is 0.365. The Morgan fingerprint density at radius 3 is 2.87 bits per heavy atom. The van der Waals surface area contributed by atoms with E-state index < -0.39 is 5.97 Å². The molecule has 0 atom stereocenters. The van der Waals surface area contributed by atoms with Crippen LogP contribution in [0.3, 0.4) is 0 Å². The highest BCUT2D eigenvalue weighted by molar-refractivity contribution is 7.12. The molecule has 2 rings (SSSR count). The minimum atomic E-state index is -1.02. The predicted octanol–water partition coefficient (Wildman–Crippen LogP) is 1.91. The number of carboxylic acid groups (broad SMARTS) is 1. The van der Waals surface area contributed by atoms with Gasteiger partial charge in [0.1, 0.15) is 10.7 Å². The number of aryl methyl sites for hydroxylation is 1. The van der Waals surface area contributed by atoms with Crippen LogP contribution in [0.5, 0.6) is 0 Å². The third kappa shape index (κ3) is 4.90. The fourth-order valence-electron chi connectivity index (χ4n) is 2.11. The number of aromatic nitrogens is 2. The highest BCUT2D eigenvalue weighted by Crippen LogP contribution is 2.22. The monoisotopic (exact) mass is 336 g/mol. The highest BCUT2D eigenvalue weighted by atomic mass is 32.1. The van der Waals surface area contributed by atoms with Crippen molar-refractivity contribution in [2.45, 2.75) is 19.9 Å². The summed E-state index contributed by atoms with van der Waals surface area (Å²) in [7, 11) is 1.95. The maximum atomic E-state index is 11.9. The van der Waals surface area contributed by atoms with Crippen molar-refractivity contribution in [2.24, 2.45) is 0 Å².